The second-order valence-corrected chi connectivity index (χ2v) is 8.08. The van der Waals surface area contributed by atoms with Gasteiger partial charge in [0.1, 0.15) is 5.76 Å². The normalized spacial score (nSPS) is 17.1. The van der Waals surface area contributed by atoms with Crippen LogP contribution in [0.25, 0.3) is 0 Å². The van der Waals surface area contributed by atoms with Crippen molar-refractivity contribution in [3.05, 3.63) is 82.6 Å². The van der Waals surface area contributed by atoms with Gasteiger partial charge < -0.3 is 18.7 Å². The molecule has 1 atom stereocenters. The molecule has 0 fully saturated rings. The largest absolute Gasteiger partial charge is 0.504 e. The second-order valence-electron chi connectivity index (χ2n) is 8.08. The van der Waals surface area contributed by atoms with Crippen LogP contribution in [-0.4, -0.2) is 11.1 Å². The number of esters is 1. The predicted octanol–water partition coefficient (Wildman–Crippen LogP) is 6.42. The third-order valence-corrected chi connectivity index (χ3v) is 5.36. The van der Waals surface area contributed by atoms with Gasteiger partial charge in [0.05, 0.1) is 24.4 Å². The number of carbonyl (C=O) groups is 1. The standard InChI is InChI=1S/C25H30O5/c1-17(6-4-8-18(2)12-23-24(26)19(3)25(27)30-23)7-5-9-20-13-22(29-16-20)14-21-10-11-28-15-21/h7,10-13,15-16,18,26H,4-6,8-9,14H2,1-3H3/b17-7+,23-12-. The lowest BCUT2D eigenvalue weighted by atomic mass is 9.99. The van der Waals surface area contributed by atoms with Crippen LogP contribution in [0.2, 0.25) is 0 Å². The summed E-state index contributed by atoms with van der Waals surface area (Å²) in [6, 6.07) is 4.07. The van der Waals surface area contributed by atoms with Crippen molar-refractivity contribution in [3.8, 4) is 0 Å². The number of allylic oxidation sites excluding steroid dienone is 3. The number of hydrogen-bond acceptors (Lipinski definition) is 5. The fraction of sp³-hybridized carbons (Fsp3) is 0.400. The highest BCUT2D eigenvalue weighted by Gasteiger charge is 2.26. The van der Waals surface area contributed by atoms with Crippen LogP contribution >= 0.6 is 0 Å². The van der Waals surface area contributed by atoms with Crippen molar-refractivity contribution in [2.45, 2.75) is 59.3 Å². The van der Waals surface area contributed by atoms with Gasteiger partial charge in [0.25, 0.3) is 0 Å². The number of aliphatic hydroxyl groups is 1. The summed E-state index contributed by atoms with van der Waals surface area (Å²) in [6.07, 6.45) is 15.2. The van der Waals surface area contributed by atoms with Crippen LogP contribution in [0.4, 0.5) is 0 Å². The van der Waals surface area contributed by atoms with E-state index in [-0.39, 0.29) is 17.3 Å². The lowest BCUT2D eigenvalue weighted by Gasteiger charge is -2.08. The molecule has 0 spiro atoms. The molecule has 2 aromatic heterocycles. The van der Waals surface area contributed by atoms with Crippen molar-refractivity contribution in [1.82, 2.24) is 0 Å². The number of aliphatic hydroxyl groups excluding tert-OH is 1. The van der Waals surface area contributed by atoms with E-state index in [1.165, 1.54) is 11.1 Å². The number of hydrogen-bond donors (Lipinski definition) is 1. The molecule has 1 N–H and O–H groups in total. The topological polar surface area (TPSA) is 72.8 Å². The Morgan fingerprint density at radius 3 is 2.80 bits per heavy atom. The van der Waals surface area contributed by atoms with Gasteiger partial charge in [0.15, 0.2) is 11.5 Å². The van der Waals surface area contributed by atoms with E-state index in [0.717, 1.165) is 49.8 Å². The number of cyclic esters (lactones) is 1. The van der Waals surface area contributed by atoms with Crippen LogP contribution in [0.15, 0.2) is 74.6 Å². The molecule has 1 aliphatic rings. The van der Waals surface area contributed by atoms with Crippen molar-refractivity contribution in [2.75, 3.05) is 0 Å². The van der Waals surface area contributed by atoms with Gasteiger partial charge in [-0.25, -0.2) is 4.79 Å². The number of rotatable bonds is 10. The summed E-state index contributed by atoms with van der Waals surface area (Å²) in [5.41, 5.74) is 3.98. The molecule has 5 nitrogen and oxygen atoms in total. The van der Waals surface area contributed by atoms with Crippen molar-refractivity contribution in [1.29, 1.82) is 0 Å². The van der Waals surface area contributed by atoms with E-state index in [0.29, 0.717) is 5.76 Å². The maximum atomic E-state index is 11.5. The first-order valence-electron chi connectivity index (χ1n) is 10.5. The summed E-state index contributed by atoms with van der Waals surface area (Å²) < 4.78 is 15.8. The Kier molecular flexibility index (Phi) is 7.39. The molecule has 5 heteroatoms. The SMILES string of the molecule is CC1=C(O)/C(=C/C(C)CCC/C(C)=C/CCc2coc(Cc3ccoc3)c2)OC1=O. The van der Waals surface area contributed by atoms with Crippen LogP contribution in [0.3, 0.4) is 0 Å². The van der Waals surface area contributed by atoms with Gasteiger partial charge >= 0.3 is 5.97 Å². The molecule has 3 rings (SSSR count). The molecule has 1 aliphatic heterocycles. The molecule has 160 valence electrons. The summed E-state index contributed by atoms with van der Waals surface area (Å²) in [6.45, 7) is 5.81. The molecule has 30 heavy (non-hydrogen) atoms. The zero-order valence-electron chi connectivity index (χ0n) is 17.9. The number of furan rings is 2. The zero-order valence-corrected chi connectivity index (χ0v) is 17.9. The summed E-state index contributed by atoms with van der Waals surface area (Å²) in [5.74, 6) is 0.989. The van der Waals surface area contributed by atoms with Crippen LogP contribution in [0, 0.1) is 5.92 Å². The maximum Gasteiger partial charge on any atom is 0.343 e. The quantitative estimate of drug-likeness (QED) is 0.361. The predicted molar refractivity (Wildman–Crippen MR) is 115 cm³/mol. The third kappa shape index (κ3) is 6.02. The Bertz CT molecular complexity index is 940. The Morgan fingerprint density at radius 1 is 1.27 bits per heavy atom. The molecule has 0 radical (unpaired) electrons. The Labute approximate surface area is 177 Å². The molecule has 3 heterocycles. The van der Waals surface area contributed by atoms with Gasteiger partial charge in [-0.15, -0.1) is 0 Å². The minimum Gasteiger partial charge on any atom is -0.504 e. The molecular formula is C25H30O5. The average molecular weight is 411 g/mol. The fourth-order valence-electron chi connectivity index (χ4n) is 3.50. The average Bonchev–Trinajstić information content (AvgIpc) is 3.43. The van der Waals surface area contributed by atoms with E-state index >= 15 is 0 Å². The van der Waals surface area contributed by atoms with Crippen LogP contribution in [-0.2, 0) is 22.4 Å². The molecule has 0 saturated heterocycles. The Hall–Kier alpha value is -2.95. The summed E-state index contributed by atoms with van der Waals surface area (Å²) in [7, 11) is 0. The van der Waals surface area contributed by atoms with Gasteiger partial charge in [-0.3, -0.25) is 0 Å². The Balaban J connectivity index is 1.37. The van der Waals surface area contributed by atoms with E-state index in [2.05, 4.69) is 26.0 Å². The summed E-state index contributed by atoms with van der Waals surface area (Å²) >= 11 is 0. The van der Waals surface area contributed by atoms with Crippen LogP contribution < -0.4 is 0 Å². The van der Waals surface area contributed by atoms with Crippen LogP contribution in [0.5, 0.6) is 0 Å². The van der Waals surface area contributed by atoms with E-state index in [4.69, 9.17) is 13.6 Å². The second kappa shape index (κ2) is 10.2. The Morgan fingerprint density at radius 2 is 2.10 bits per heavy atom. The zero-order chi connectivity index (χ0) is 21.5. The number of ether oxygens (including phenoxy) is 1. The molecule has 0 bridgehead atoms. The van der Waals surface area contributed by atoms with E-state index < -0.39 is 5.97 Å². The molecular weight excluding hydrogens is 380 g/mol. The van der Waals surface area contributed by atoms with Gasteiger partial charge in [-0.05, 0) is 81.2 Å². The molecule has 0 aromatic carbocycles. The lowest BCUT2D eigenvalue weighted by Crippen LogP contribution is -1.97. The highest BCUT2D eigenvalue weighted by Crippen LogP contribution is 2.26. The van der Waals surface area contributed by atoms with Gasteiger partial charge in [-0.1, -0.05) is 18.6 Å². The lowest BCUT2D eigenvalue weighted by molar-refractivity contribution is -0.133. The molecule has 1 unspecified atom stereocenters. The van der Waals surface area contributed by atoms with Gasteiger partial charge in [0.2, 0.25) is 0 Å². The summed E-state index contributed by atoms with van der Waals surface area (Å²) in [5, 5.41) is 9.89. The molecule has 2 aromatic rings. The monoisotopic (exact) mass is 410 g/mol. The first-order valence-corrected chi connectivity index (χ1v) is 10.5. The van der Waals surface area contributed by atoms with Gasteiger partial charge in [0, 0.05) is 6.42 Å². The van der Waals surface area contributed by atoms with Gasteiger partial charge in [-0.2, -0.15) is 0 Å². The minimum atomic E-state index is -0.462. The first-order chi connectivity index (χ1) is 14.4. The van der Waals surface area contributed by atoms with Crippen LogP contribution in [0.1, 0.15) is 63.3 Å². The fourth-order valence-corrected chi connectivity index (χ4v) is 3.50. The van der Waals surface area contributed by atoms with E-state index in [1.807, 2.05) is 18.4 Å². The smallest absolute Gasteiger partial charge is 0.343 e. The van der Waals surface area contributed by atoms with E-state index in [1.54, 1.807) is 19.5 Å². The van der Waals surface area contributed by atoms with Crippen molar-refractivity contribution < 1.29 is 23.5 Å². The molecule has 0 amide bonds. The highest BCUT2D eigenvalue weighted by molar-refractivity contribution is 5.93. The first kappa shape index (κ1) is 21.8. The molecule has 0 aliphatic carbocycles. The van der Waals surface area contributed by atoms with Crippen molar-refractivity contribution in [3.63, 3.8) is 0 Å². The van der Waals surface area contributed by atoms with Crippen molar-refractivity contribution in [2.24, 2.45) is 5.92 Å². The van der Waals surface area contributed by atoms with E-state index in [9.17, 15) is 9.90 Å². The highest BCUT2D eigenvalue weighted by atomic mass is 16.6. The maximum absolute atomic E-state index is 11.5. The third-order valence-electron chi connectivity index (χ3n) is 5.36. The summed E-state index contributed by atoms with van der Waals surface area (Å²) in [4.78, 5) is 11.5. The van der Waals surface area contributed by atoms with Crippen molar-refractivity contribution >= 4 is 5.97 Å². The minimum absolute atomic E-state index is 0.0323. The molecule has 0 saturated carbocycles. The number of carbonyl (C=O) groups excluding carboxylic acids is 1. The number of aryl methyl sites for hydroxylation is 1.